The average Bonchev–Trinajstić information content (AvgIpc) is 3.64. The Hall–Kier alpha value is -3.50. The topological polar surface area (TPSA) is 125 Å². The summed E-state index contributed by atoms with van der Waals surface area (Å²) in [5, 5.41) is 12.6. The van der Waals surface area contributed by atoms with E-state index < -0.39 is 47.7 Å². The number of allylic oxidation sites excluding steroid dienone is 1. The molecule has 4 heterocycles. The molecule has 0 saturated carbocycles. The van der Waals surface area contributed by atoms with E-state index in [0.29, 0.717) is 31.5 Å². The maximum atomic E-state index is 14.4. The molecule has 5 bridgehead atoms. The van der Waals surface area contributed by atoms with Crippen LogP contribution in [0.15, 0.2) is 54.6 Å². The predicted octanol–water partition coefficient (Wildman–Crippen LogP) is 2.68. The molecule has 0 radical (unpaired) electrons. The second-order valence-corrected chi connectivity index (χ2v) is 11.9. The normalized spacial score (nSPS) is 33.5. The summed E-state index contributed by atoms with van der Waals surface area (Å²) < 4.78 is 12.6. The Morgan fingerprint density at radius 3 is 2.56 bits per heavy atom. The van der Waals surface area contributed by atoms with Gasteiger partial charge in [0.15, 0.2) is 0 Å². The zero-order chi connectivity index (χ0) is 30.6. The van der Waals surface area contributed by atoms with E-state index in [0.717, 1.165) is 19.3 Å². The first kappa shape index (κ1) is 30.9. The lowest BCUT2D eigenvalue weighted by atomic mass is 9.74. The van der Waals surface area contributed by atoms with Gasteiger partial charge in [0.25, 0.3) is 0 Å². The van der Waals surface area contributed by atoms with Crippen LogP contribution in [0.3, 0.4) is 0 Å². The Morgan fingerprint density at radius 1 is 1.02 bits per heavy atom. The van der Waals surface area contributed by atoms with E-state index in [4.69, 9.17) is 9.47 Å². The third-order valence-corrected chi connectivity index (χ3v) is 9.02. The number of amides is 3. The molecule has 10 heteroatoms. The number of nitrogens with one attached hydrogen (secondary N) is 1. The fraction of sp³-hybridized carbons (Fsp3) is 0.576. The van der Waals surface area contributed by atoms with Crippen LogP contribution in [0, 0.1) is 11.8 Å². The van der Waals surface area contributed by atoms with E-state index in [1.165, 1.54) is 4.90 Å². The molecule has 2 saturated heterocycles. The Bertz CT molecular complexity index is 1250. The molecule has 1 aromatic carbocycles. The highest BCUT2D eigenvalue weighted by atomic mass is 16.6. The van der Waals surface area contributed by atoms with E-state index in [1.807, 2.05) is 42.5 Å². The number of unbranched alkanes of at least 4 members (excludes halogenated alkanes) is 2. The Morgan fingerprint density at radius 2 is 1.81 bits per heavy atom. The molecular formula is C33H43N3O7. The number of nitrogens with zero attached hydrogens (tertiary/aromatic N) is 2. The smallest absolute Gasteiger partial charge is 0.313 e. The van der Waals surface area contributed by atoms with Crippen molar-refractivity contribution in [2.45, 2.75) is 82.3 Å². The number of ether oxygens (including phenoxy) is 2. The number of hydrogen-bond donors (Lipinski definition) is 2. The number of esters is 1. The predicted molar refractivity (Wildman–Crippen MR) is 158 cm³/mol. The van der Waals surface area contributed by atoms with E-state index in [-0.39, 0.29) is 37.3 Å². The molecule has 3 amide bonds. The molecule has 2 fully saturated rings. The van der Waals surface area contributed by atoms with Gasteiger partial charge in [0.2, 0.25) is 17.7 Å². The highest BCUT2D eigenvalue weighted by Crippen LogP contribution is 2.56. The highest BCUT2D eigenvalue weighted by molar-refractivity contribution is 5.99. The van der Waals surface area contributed by atoms with Gasteiger partial charge in [-0.15, -0.1) is 0 Å². The van der Waals surface area contributed by atoms with E-state index in [1.54, 1.807) is 24.0 Å². The molecule has 7 atom stereocenters. The Kier molecular flexibility index (Phi) is 9.66. The Balaban J connectivity index is 1.55. The van der Waals surface area contributed by atoms with Crippen molar-refractivity contribution in [2.75, 3.05) is 26.2 Å². The van der Waals surface area contributed by atoms with Gasteiger partial charge in [0.05, 0.1) is 18.1 Å². The molecule has 1 aromatic rings. The number of cyclic esters (lactones) is 1. The minimum absolute atomic E-state index is 0.140. The molecule has 2 N–H and O–H groups in total. The van der Waals surface area contributed by atoms with Gasteiger partial charge in [-0.1, -0.05) is 74.4 Å². The van der Waals surface area contributed by atoms with Crippen molar-refractivity contribution >= 4 is 23.7 Å². The van der Waals surface area contributed by atoms with Gasteiger partial charge in [-0.2, -0.15) is 0 Å². The standard InChI is InChI=1S/C33H43N3O7/c1-3-4-10-18-35-19-11-6-9-15-25(38)34-22(2)28(23-13-7-5-8-14-23)42-32(41)26-24-16-17-33(43-24)27(26)30(39)36(20-12-21-37)29(33)31(35)40/h5-8,11,13-14,16-17,22,24,26-29,37H,3-4,9-10,12,15,18-21H2,1-2H3,(H,34,38)/b11-6-/t22-,24+,26-,27-,28+,29+,33-/m1/s1. The fourth-order valence-corrected chi connectivity index (χ4v) is 6.96. The number of carbonyl (C=O) groups is 4. The summed E-state index contributed by atoms with van der Waals surface area (Å²) in [4.78, 5) is 58.6. The van der Waals surface area contributed by atoms with Crippen LogP contribution < -0.4 is 5.32 Å². The molecule has 0 aliphatic carbocycles. The van der Waals surface area contributed by atoms with Gasteiger partial charge in [-0.05, 0) is 31.7 Å². The fourth-order valence-electron chi connectivity index (χ4n) is 6.96. The van der Waals surface area contributed by atoms with Crippen LogP contribution in [0.25, 0.3) is 0 Å². The maximum absolute atomic E-state index is 14.4. The lowest BCUT2D eigenvalue weighted by molar-refractivity contribution is -0.161. The van der Waals surface area contributed by atoms with Crippen LogP contribution in [0.1, 0.15) is 64.0 Å². The minimum atomic E-state index is -1.30. The van der Waals surface area contributed by atoms with Crippen LogP contribution in [-0.2, 0) is 28.7 Å². The molecule has 43 heavy (non-hydrogen) atoms. The zero-order valence-electron chi connectivity index (χ0n) is 25.0. The molecule has 1 spiro atoms. The van der Waals surface area contributed by atoms with Crippen LogP contribution in [0.2, 0.25) is 0 Å². The monoisotopic (exact) mass is 593 g/mol. The summed E-state index contributed by atoms with van der Waals surface area (Å²) >= 11 is 0. The molecular weight excluding hydrogens is 550 g/mol. The summed E-state index contributed by atoms with van der Waals surface area (Å²) in [5.74, 6) is -3.26. The number of likely N-dealkylation sites (tertiary alicyclic amines) is 1. The molecule has 0 aromatic heterocycles. The van der Waals surface area contributed by atoms with Crippen molar-refractivity contribution < 1.29 is 33.8 Å². The van der Waals surface area contributed by atoms with Crippen LogP contribution in [0.5, 0.6) is 0 Å². The summed E-state index contributed by atoms with van der Waals surface area (Å²) in [7, 11) is 0. The summed E-state index contributed by atoms with van der Waals surface area (Å²) in [6, 6.07) is 7.71. The van der Waals surface area contributed by atoms with Crippen molar-refractivity contribution in [1.29, 1.82) is 0 Å². The second-order valence-electron chi connectivity index (χ2n) is 11.9. The van der Waals surface area contributed by atoms with Crippen LogP contribution >= 0.6 is 0 Å². The van der Waals surface area contributed by atoms with Crippen LogP contribution in [0.4, 0.5) is 0 Å². The lowest BCUT2D eigenvalue weighted by Gasteiger charge is -2.36. The number of aliphatic hydroxyl groups excluding tert-OH is 1. The largest absolute Gasteiger partial charge is 0.455 e. The first-order chi connectivity index (χ1) is 20.8. The Labute approximate surface area is 253 Å². The third kappa shape index (κ3) is 5.99. The van der Waals surface area contributed by atoms with Crippen LogP contribution in [-0.4, -0.2) is 88.6 Å². The number of hydrogen-bond acceptors (Lipinski definition) is 7. The zero-order valence-corrected chi connectivity index (χ0v) is 25.0. The van der Waals surface area contributed by atoms with E-state index in [2.05, 4.69) is 12.2 Å². The highest BCUT2D eigenvalue weighted by Gasteiger charge is 2.73. The van der Waals surface area contributed by atoms with Gasteiger partial charge in [0, 0.05) is 32.7 Å². The average molecular weight is 594 g/mol. The summed E-state index contributed by atoms with van der Waals surface area (Å²) in [5.41, 5.74) is -0.588. The van der Waals surface area contributed by atoms with E-state index >= 15 is 0 Å². The molecule has 0 unspecified atom stereocenters. The number of benzene rings is 1. The number of fused-ring (bicyclic) bond motifs is 2. The van der Waals surface area contributed by atoms with Crippen molar-refractivity contribution in [3.63, 3.8) is 0 Å². The molecule has 10 nitrogen and oxygen atoms in total. The van der Waals surface area contributed by atoms with Crippen molar-refractivity contribution in [1.82, 2.24) is 15.1 Å². The first-order valence-electron chi connectivity index (χ1n) is 15.6. The minimum Gasteiger partial charge on any atom is -0.455 e. The van der Waals surface area contributed by atoms with Crippen molar-refractivity contribution in [3.8, 4) is 0 Å². The number of carbonyl (C=O) groups excluding carboxylic acids is 4. The van der Waals surface area contributed by atoms with Gasteiger partial charge < -0.3 is 29.7 Å². The van der Waals surface area contributed by atoms with Crippen molar-refractivity contribution in [3.05, 3.63) is 60.2 Å². The van der Waals surface area contributed by atoms with Gasteiger partial charge in [-0.25, -0.2) is 0 Å². The molecule has 232 valence electrons. The summed E-state index contributed by atoms with van der Waals surface area (Å²) in [6.07, 6.45) is 9.61. The van der Waals surface area contributed by atoms with Gasteiger partial charge in [-0.3, -0.25) is 19.2 Å². The number of rotatable bonds is 8. The molecule has 4 aliphatic rings. The van der Waals surface area contributed by atoms with Gasteiger partial charge >= 0.3 is 5.97 Å². The van der Waals surface area contributed by atoms with Crippen molar-refractivity contribution in [2.24, 2.45) is 11.8 Å². The summed E-state index contributed by atoms with van der Waals surface area (Å²) in [6.45, 7) is 4.75. The third-order valence-electron chi connectivity index (χ3n) is 9.02. The second kappa shape index (κ2) is 13.4. The molecule has 4 aliphatic heterocycles. The van der Waals surface area contributed by atoms with E-state index in [9.17, 15) is 24.3 Å². The first-order valence-corrected chi connectivity index (χ1v) is 15.6. The number of aliphatic hydroxyl groups is 1. The molecule has 5 rings (SSSR count). The lowest BCUT2D eigenvalue weighted by Crippen LogP contribution is -2.56. The van der Waals surface area contributed by atoms with Gasteiger partial charge in [0.1, 0.15) is 23.7 Å². The quantitative estimate of drug-likeness (QED) is 0.270. The maximum Gasteiger partial charge on any atom is 0.313 e. The SMILES string of the molecule is CCCCCN1C/C=C\CCC(=O)N[C@H](C)[C@@H](c2ccccc2)OC(=O)[C@@H]2[C@@H]3C=C[C@]4(O3)[C@H](C1=O)N(CCCO)C(=O)[C@@H]24.